The third kappa shape index (κ3) is 4.15. The zero-order valence-corrected chi connectivity index (χ0v) is 14.1. The number of methoxy groups -OCH3 is 1. The number of benzene rings is 2. The van der Waals surface area contributed by atoms with E-state index in [0.717, 1.165) is 30.9 Å². The van der Waals surface area contributed by atoms with Gasteiger partial charge in [-0.15, -0.1) is 0 Å². The monoisotopic (exact) mass is 327 g/mol. The van der Waals surface area contributed by atoms with Crippen LogP contribution in [0.2, 0.25) is 0 Å². The molecule has 2 aromatic rings. The summed E-state index contributed by atoms with van der Waals surface area (Å²) in [5.74, 6) is 3.22. The minimum absolute atomic E-state index is 0.0590. The molecule has 0 amide bonds. The lowest BCUT2D eigenvalue weighted by Gasteiger charge is -2.26. The summed E-state index contributed by atoms with van der Waals surface area (Å²) in [6.45, 7) is 3.17. The number of nitrogens with zero attached hydrogens (tertiary/aromatic N) is 1. The van der Waals surface area contributed by atoms with Crippen LogP contribution in [0, 0.1) is 0 Å². The lowest BCUT2D eigenvalue weighted by atomic mass is 10.0. The molecular formula is C19H21NO2S. The van der Waals surface area contributed by atoms with Crippen LogP contribution in [0.4, 0.5) is 0 Å². The molecule has 4 heteroatoms. The number of carbonyl (C=O) groups is 1. The van der Waals surface area contributed by atoms with Crippen molar-refractivity contribution in [1.29, 1.82) is 0 Å². The standard InChI is InChI=1S/C19H21NO2S/c1-22-18-7-5-16(6-8-18)19(21)17-4-2-3-15(13-17)14-20-9-11-23-12-10-20/h2-8,13H,9-12,14H2,1H3. The van der Waals surface area contributed by atoms with Gasteiger partial charge in [-0.05, 0) is 35.9 Å². The van der Waals surface area contributed by atoms with Crippen LogP contribution < -0.4 is 4.74 Å². The number of hydrogen-bond donors (Lipinski definition) is 0. The smallest absolute Gasteiger partial charge is 0.193 e. The van der Waals surface area contributed by atoms with E-state index >= 15 is 0 Å². The van der Waals surface area contributed by atoms with Gasteiger partial charge in [0.05, 0.1) is 7.11 Å². The largest absolute Gasteiger partial charge is 0.497 e. The third-order valence-corrected chi connectivity index (χ3v) is 4.99. The van der Waals surface area contributed by atoms with Gasteiger partial charge in [-0.25, -0.2) is 0 Å². The van der Waals surface area contributed by atoms with Crippen LogP contribution >= 0.6 is 11.8 Å². The predicted octanol–water partition coefficient (Wildman–Crippen LogP) is 3.48. The average molecular weight is 327 g/mol. The van der Waals surface area contributed by atoms with Gasteiger partial charge in [-0.3, -0.25) is 9.69 Å². The Balaban J connectivity index is 1.73. The number of ketones is 1. The van der Waals surface area contributed by atoms with Crippen molar-refractivity contribution in [1.82, 2.24) is 4.90 Å². The van der Waals surface area contributed by atoms with Crippen molar-refractivity contribution >= 4 is 17.5 Å². The topological polar surface area (TPSA) is 29.5 Å². The average Bonchev–Trinajstić information content (AvgIpc) is 2.62. The highest BCUT2D eigenvalue weighted by Gasteiger charge is 2.13. The summed E-state index contributed by atoms with van der Waals surface area (Å²) in [7, 11) is 1.62. The molecule has 0 aliphatic carbocycles. The van der Waals surface area contributed by atoms with Crippen LogP contribution in [0.15, 0.2) is 48.5 Å². The fraction of sp³-hybridized carbons (Fsp3) is 0.316. The second kappa shape index (κ2) is 7.66. The van der Waals surface area contributed by atoms with E-state index in [1.807, 2.05) is 54.2 Å². The third-order valence-electron chi connectivity index (χ3n) is 4.05. The van der Waals surface area contributed by atoms with E-state index in [9.17, 15) is 4.79 Å². The normalized spacial score (nSPS) is 15.3. The Morgan fingerprint density at radius 1 is 1.09 bits per heavy atom. The molecule has 1 aliphatic heterocycles. The summed E-state index contributed by atoms with van der Waals surface area (Å²) < 4.78 is 5.14. The Hall–Kier alpha value is -1.78. The van der Waals surface area contributed by atoms with Gasteiger partial charge in [0.15, 0.2) is 5.78 Å². The minimum Gasteiger partial charge on any atom is -0.497 e. The summed E-state index contributed by atoms with van der Waals surface area (Å²) in [5.41, 5.74) is 2.65. The van der Waals surface area contributed by atoms with E-state index in [1.165, 1.54) is 17.1 Å². The molecule has 1 saturated heterocycles. The Morgan fingerprint density at radius 3 is 2.52 bits per heavy atom. The number of rotatable bonds is 5. The van der Waals surface area contributed by atoms with Crippen molar-refractivity contribution in [3.05, 3.63) is 65.2 Å². The van der Waals surface area contributed by atoms with Crippen molar-refractivity contribution < 1.29 is 9.53 Å². The first-order valence-electron chi connectivity index (χ1n) is 7.84. The molecule has 0 N–H and O–H groups in total. The Bertz CT molecular complexity index is 663. The quantitative estimate of drug-likeness (QED) is 0.787. The highest BCUT2D eigenvalue weighted by Crippen LogP contribution is 2.18. The maximum Gasteiger partial charge on any atom is 0.193 e. The number of ether oxygens (including phenoxy) is 1. The first kappa shape index (κ1) is 16.1. The van der Waals surface area contributed by atoms with Gasteiger partial charge in [0.1, 0.15) is 5.75 Å². The molecule has 1 fully saturated rings. The molecule has 1 heterocycles. The zero-order valence-electron chi connectivity index (χ0n) is 13.3. The summed E-state index contributed by atoms with van der Waals surface area (Å²) >= 11 is 2.01. The van der Waals surface area contributed by atoms with Crippen molar-refractivity contribution in [2.24, 2.45) is 0 Å². The SMILES string of the molecule is COc1ccc(C(=O)c2cccc(CN3CCSCC3)c2)cc1. The first-order chi connectivity index (χ1) is 11.3. The van der Waals surface area contributed by atoms with Crippen molar-refractivity contribution in [3.63, 3.8) is 0 Å². The van der Waals surface area contributed by atoms with Gasteiger partial charge in [0.2, 0.25) is 0 Å². The molecule has 0 bridgehead atoms. The Morgan fingerprint density at radius 2 is 1.83 bits per heavy atom. The van der Waals surface area contributed by atoms with Crippen molar-refractivity contribution in [2.45, 2.75) is 6.54 Å². The van der Waals surface area contributed by atoms with Crippen LogP contribution in [0.1, 0.15) is 21.5 Å². The van der Waals surface area contributed by atoms with E-state index in [2.05, 4.69) is 11.0 Å². The fourth-order valence-corrected chi connectivity index (χ4v) is 3.72. The highest BCUT2D eigenvalue weighted by molar-refractivity contribution is 7.99. The van der Waals surface area contributed by atoms with Gasteiger partial charge >= 0.3 is 0 Å². The highest BCUT2D eigenvalue weighted by atomic mass is 32.2. The summed E-state index contributed by atoms with van der Waals surface area (Å²) in [6.07, 6.45) is 0. The van der Waals surface area contributed by atoms with E-state index in [4.69, 9.17) is 4.74 Å². The van der Waals surface area contributed by atoms with Gasteiger partial charge in [0, 0.05) is 42.3 Å². The van der Waals surface area contributed by atoms with Crippen molar-refractivity contribution in [2.75, 3.05) is 31.7 Å². The van der Waals surface area contributed by atoms with Crippen LogP contribution in [0.3, 0.4) is 0 Å². The molecule has 3 rings (SSSR count). The second-order valence-corrected chi connectivity index (χ2v) is 6.87. The van der Waals surface area contributed by atoms with Crippen LogP contribution in [-0.4, -0.2) is 42.4 Å². The molecule has 2 aromatic carbocycles. The van der Waals surface area contributed by atoms with E-state index in [0.29, 0.717) is 5.56 Å². The number of hydrogen-bond acceptors (Lipinski definition) is 4. The summed E-state index contributed by atoms with van der Waals surface area (Å²) in [6, 6.07) is 15.3. The fourth-order valence-electron chi connectivity index (χ4n) is 2.74. The predicted molar refractivity (Wildman–Crippen MR) is 95.5 cm³/mol. The Labute approximate surface area is 141 Å². The zero-order chi connectivity index (χ0) is 16.1. The molecule has 120 valence electrons. The molecule has 1 aliphatic rings. The van der Waals surface area contributed by atoms with E-state index in [-0.39, 0.29) is 5.78 Å². The van der Waals surface area contributed by atoms with Crippen LogP contribution in [0.25, 0.3) is 0 Å². The summed E-state index contributed by atoms with van der Waals surface area (Å²) in [5, 5.41) is 0. The molecule has 0 spiro atoms. The second-order valence-electron chi connectivity index (χ2n) is 5.65. The van der Waals surface area contributed by atoms with Crippen LogP contribution in [0.5, 0.6) is 5.75 Å². The minimum atomic E-state index is 0.0590. The van der Waals surface area contributed by atoms with Gasteiger partial charge in [-0.1, -0.05) is 18.2 Å². The number of carbonyl (C=O) groups excluding carboxylic acids is 1. The molecule has 0 radical (unpaired) electrons. The van der Waals surface area contributed by atoms with Gasteiger partial charge in [-0.2, -0.15) is 11.8 Å². The van der Waals surface area contributed by atoms with Gasteiger partial charge < -0.3 is 4.74 Å². The van der Waals surface area contributed by atoms with Crippen molar-refractivity contribution in [3.8, 4) is 5.75 Å². The lowest BCUT2D eigenvalue weighted by Crippen LogP contribution is -2.31. The lowest BCUT2D eigenvalue weighted by molar-refractivity contribution is 0.103. The molecule has 0 saturated carbocycles. The molecule has 23 heavy (non-hydrogen) atoms. The molecule has 3 nitrogen and oxygen atoms in total. The van der Waals surface area contributed by atoms with E-state index in [1.54, 1.807) is 7.11 Å². The first-order valence-corrected chi connectivity index (χ1v) is 8.99. The summed E-state index contributed by atoms with van der Waals surface area (Å²) in [4.78, 5) is 15.1. The molecule has 0 aromatic heterocycles. The van der Waals surface area contributed by atoms with E-state index < -0.39 is 0 Å². The molecule has 0 atom stereocenters. The number of thioether (sulfide) groups is 1. The molecular weight excluding hydrogens is 306 g/mol. The Kier molecular flexibility index (Phi) is 5.36. The maximum absolute atomic E-state index is 12.6. The van der Waals surface area contributed by atoms with Crippen LogP contribution in [-0.2, 0) is 6.54 Å². The van der Waals surface area contributed by atoms with Gasteiger partial charge in [0.25, 0.3) is 0 Å². The maximum atomic E-state index is 12.6. The molecule has 0 unspecified atom stereocenters.